The number of hydrogen-bond acceptors (Lipinski definition) is 3. The molecular formula is C10H14O4S2. The molecule has 1 aromatic rings. The third-order valence-electron chi connectivity index (χ3n) is 1.67. The first-order valence-corrected chi connectivity index (χ1v) is 7.68. The van der Waals surface area contributed by atoms with Crippen molar-refractivity contribution in [1.29, 1.82) is 0 Å². The lowest BCUT2D eigenvalue weighted by Crippen LogP contribution is -2.05. The van der Waals surface area contributed by atoms with Crippen molar-refractivity contribution in [3.63, 3.8) is 0 Å². The molecule has 0 aliphatic rings. The summed E-state index contributed by atoms with van der Waals surface area (Å²) in [5, 5.41) is 0. The van der Waals surface area contributed by atoms with Crippen LogP contribution in [-0.4, -0.2) is 19.4 Å². The summed E-state index contributed by atoms with van der Waals surface area (Å²) in [7, 11) is -3.47. The van der Waals surface area contributed by atoms with Crippen LogP contribution in [0.1, 0.15) is 19.4 Å². The van der Waals surface area contributed by atoms with Crippen molar-refractivity contribution in [2.45, 2.75) is 25.7 Å². The molecule has 0 spiro atoms. The van der Waals surface area contributed by atoms with Crippen LogP contribution in [0.3, 0.4) is 0 Å². The zero-order valence-electron chi connectivity index (χ0n) is 9.08. The second-order valence-corrected chi connectivity index (χ2v) is 6.85. The van der Waals surface area contributed by atoms with Gasteiger partial charge in [0.25, 0.3) is 19.4 Å². The van der Waals surface area contributed by atoms with Crippen molar-refractivity contribution >= 4 is 19.4 Å². The standard InChI is InChI=1S/C10H14O4S2/c1-8(2)14-10-5-3-9(4-6-10)7-15-16(11,12)13/h3-6,8H,7H2,1-2H3,(H-,11,12,13). The summed E-state index contributed by atoms with van der Waals surface area (Å²) in [6.07, 6.45) is 0.109. The number of benzene rings is 1. The lowest BCUT2D eigenvalue weighted by Gasteiger charge is -2.08. The zero-order valence-corrected chi connectivity index (χ0v) is 10.7. The Labute approximate surface area is 98.9 Å². The van der Waals surface area contributed by atoms with Crippen molar-refractivity contribution in [2.75, 3.05) is 0 Å². The van der Waals surface area contributed by atoms with Gasteiger partial charge in [0.15, 0.2) is 0 Å². The van der Waals surface area contributed by atoms with Crippen LogP contribution in [0.4, 0.5) is 0 Å². The van der Waals surface area contributed by atoms with Crippen LogP contribution in [0.25, 0.3) is 0 Å². The van der Waals surface area contributed by atoms with E-state index < -0.39 is 9.05 Å². The van der Waals surface area contributed by atoms with E-state index in [1.54, 1.807) is 24.3 Å². The molecule has 0 aliphatic carbocycles. The molecule has 1 N–H and O–H groups in total. The lowest BCUT2D eigenvalue weighted by molar-refractivity contribution is 0.242. The summed E-state index contributed by atoms with van der Waals surface area (Å²) in [4.78, 5) is 0. The summed E-state index contributed by atoms with van der Waals surface area (Å²) in [6, 6.07) is 7.10. The first-order chi connectivity index (χ1) is 7.37. The van der Waals surface area contributed by atoms with E-state index in [0.29, 0.717) is 10.3 Å². The lowest BCUT2D eigenvalue weighted by atomic mass is 10.2. The van der Waals surface area contributed by atoms with Crippen molar-refractivity contribution < 1.29 is 18.1 Å². The third kappa shape index (κ3) is 5.41. The molecule has 1 atom stereocenters. The van der Waals surface area contributed by atoms with Gasteiger partial charge in [0.2, 0.25) is 5.75 Å². The SMILES string of the molecule is CC(C)Oc1ccc(C[S+]=S(=O)([O-])O)cc1. The Morgan fingerprint density at radius 1 is 1.44 bits per heavy atom. The predicted molar refractivity (Wildman–Crippen MR) is 64.8 cm³/mol. The molecule has 0 bridgehead atoms. The minimum Gasteiger partial charge on any atom is -0.712 e. The van der Waals surface area contributed by atoms with Gasteiger partial charge >= 0.3 is 0 Å². The smallest absolute Gasteiger partial charge is 0.257 e. The van der Waals surface area contributed by atoms with Crippen LogP contribution in [0.2, 0.25) is 0 Å². The minimum absolute atomic E-state index is 0.109. The molecule has 0 aliphatic heterocycles. The first kappa shape index (κ1) is 13.4. The molecule has 1 unspecified atom stereocenters. The van der Waals surface area contributed by atoms with Gasteiger partial charge in [-0.1, -0.05) is 12.1 Å². The number of hydrogen-bond donors (Lipinski definition) is 1. The molecule has 0 fully saturated rings. The summed E-state index contributed by atoms with van der Waals surface area (Å²) in [6.45, 7) is 3.87. The number of ether oxygens (including phenoxy) is 1. The van der Waals surface area contributed by atoms with Gasteiger partial charge in [-0.3, -0.25) is 4.55 Å². The van der Waals surface area contributed by atoms with Crippen LogP contribution in [0, 0.1) is 0 Å². The maximum atomic E-state index is 10.5. The molecule has 90 valence electrons. The van der Waals surface area contributed by atoms with Gasteiger partial charge in [-0.15, -0.1) is 0 Å². The Kier molecular flexibility index (Phi) is 4.67. The number of rotatable bonds is 4. The average Bonchev–Trinajstić information content (AvgIpc) is 2.14. The normalized spacial score (nSPS) is 14.6. The van der Waals surface area contributed by atoms with Crippen molar-refractivity contribution in [3.8, 4) is 5.75 Å². The van der Waals surface area contributed by atoms with E-state index in [-0.39, 0.29) is 11.9 Å². The van der Waals surface area contributed by atoms with E-state index in [4.69, 9.17) is 9.29 Å². The second-order valence-electron chi connectivity index (χ2n) is 3.50. The molecule has 0 aromatic heterocycles. The van der Waals surface area contributed by atoms with Crippen LogP contribution in [0.15, 0.2) is 24.3 Å². The molecule has 1 rings (SSSR count). The highest BCUT2D eigenvalue weighted by molar-refractivity contribution is 8.33. The van der Waals surface area contributed by atoms with Gasteiger partial charge in [0.05, 0.1) is 6.10 Å². The first-order valence-electron chi connectivity index (χ1n) is 4.74. The minimum atomic E-state index is -3.97. The summed E-state index contributed by atoms with van der Waals surface area (Å²) in [5.41, 5.74) is 0.818. The predicted octanol–water partition coefficient (Wildman–Crippen LogP) is 1.86. The van der Waals surface area contributed by atoms with Gasteiger partial charge in [-0.2, -0.15) is 4.21 Å². The fourth-order valence-electron chi connectivity index (χ4n) is 1.08. The quantitative estimate of drug-likeness (QED) is 0.841. The van der Waals surface area contributed by atoms with Crippen LogP contribution in [-0.2, 0) is 25.1 Å². The van der Waals surface area contributed by atoms with E-state index >= 15 is 0 Å². The molecule has 0 radical (unpaired) electrons. The molecule has 4 nitrogen and oxygen atoms in total. The Hall–Kier alpha value is -0.690. The third-order valence-corrected chi connectivity index (χ3v) is 3.67. The molecule has 0 amide bonds. The molecule has 1 aromatic carbocycles. The molecule has 0 saturated carbocycles. The highest BCUT2D eigenvalue weighted by atomic mass is 32.9. The topological polar surface area (TPSA) is 69.6 Å². The van der Waals surface area contributed by atoms with Crippen LogP contribution in [0.5, 0.6) is 5.75 Å². The van der Waals surface area contributed by atoms with Crippen molar-refractivity contribution in [1.82, 2.24) is 0 Å². The maximum Gasteiger partial charge on any atom is 0.257 e. The van der Waals surface area contributed by atoms with E-state index in [1.165, 1.54) is 0 Å². The molecule has 0 saturated heterocycles. The summed E-state index contributed by atoms with van der Waals surface area (Å²) in [5.74, 6) is 0.969. The fraction of sp³-hybridized carbons (Fsp3) is 0.400. The Balaban J connectivity index is 2.69. The van der Waals surface area contributed by atoms with E-state index in [1.807, 2.05) is 13.8 Å². The molecule has 6 heteroatoms. The average molecular weight is 262 g/mol. The van der Waals surface area contributed by atoms with Gasteiger partial charge < -0.3 is 9.29 Å². The van der Waals surface area contributed by atoms with Gasteiger partial charge in [0.1, 0.15) is 5.75 Å². The Morgan fingerprint density at radius 2 is 2.00 bits per heavy atom. The van der Waals surface area contributed by atoms with Crippen molar-refractivity contribution in [3.05, 3.63) is 29.8 Å². The maximum absolute atomic E-state index is 10.5. The van der Waals surface area contributed by atoms with E-state index in [9.17, 15) is 8.76 Å². The van der Waals surface area contributed by atoms with E-state index in [2.05, 4.69) is 0 Å². The van der Waals surface area contributed by atoms with Crippen LogP contribution >= 0.6 is 0 Å². The zero-order chi connectivity index (χ0) is 12.2. The highest BCUT2D eigenvalue weighted by Crippen LogP contribution is 2.14. The molecule has 0 heterocycles. The summed E-state index contributed by atoms with van der Waals surface area (Å²) >= 11 is 0. The fourth-order valence-corrected chi connectivity index (χ4v) is 2.41. The highest BCUT2D eigenvalue weighted by Gasteiger charge is 2.04. The largest absolute Gasteiger partial charge is 0.712 e. The molecule has 16 heavy (non-hydrogen) atoms. The van der Waals surface area contributed by atoms with Crippen molar-refractivity contribution in [2.24, 2.45) is 0 Å². The second kappa shape index (κ2) is 5.58. The molecular weight excluding hydrogens is 248 g/mol. The Bertz CT molecular complexity index is 436. The summed E-state index contributed by atoms with van der Waals surface area (Å²) < 4.78 is 35.0. The Morgan fingerprint density at radius 3 is 2.44 bits per heavy atom. The van der Waals surface area contributed by atoms with E-state index in [0.717, 1.165) is 11.3 Å². The van der Waals surface area contributed by atoms with Gasteiger partial charge in [0, 0.05) is 5.56 Å². The van der Waals surface area contributed by atoms with Gasteiger partial charge in [-0.05, 0) is 26.0 Å². The van der Waals surface area contributed by atoms with Crippen LogP contribution < -0.4 is 4.74 Å². The monoisotopic (exact) mass is 262 g/mol. The van der Waals surface area contributed by atoms with Gasteiger partial charge in [-0.25, -0.2) is 0 Å².